The van der Waals surface area contributed by atoms with Crippen molar-refractivity contribution in [2.24, 2.45) is 0 Å². The molecule has 3 rings (SSSR count). The third-order valence-corrected chi connectivity index (χ3v) is 5.68. The summed E-state index contributed by atoms with van der Waals surface area (Å²) in [6, 6.07) is 8.49. The summed E-state index contributed by atoms with van der Waals surface area (Å²) in [6.45, 7) is 2.92. The summed E-state index contributed by atoms with van der Waals surface area (Å²) < 4.78 is 6.83. The molecule has 0 N–H and O–H groups in total. The highest BCUT2D eigenvalue weighted by Crippen LogP contribution is 2.43. The van der Waals surface area contributed by atoms with Crippen molar-refractivity contribution >= 4 is 38.9 Å². The molecule has 0 fully saturated rings. The third-order valence-electron chi connectivity index (χ3n) is 3.33. The largest absolute Gasteiger partial charge is 0.493 e. The summed E-state index contributed by atoms with van der Waals surface area (Å²) in [5, 5.41) is -0.130. The van der Waals surface area contributed by atoms with Crippen LogP contribution in [0.3, 0.4) is 0 Å². The lowest BCUT2D eigenvalue weighted by molar-refractivity contribution is 0.353. The first-order chi connectivity index (χ1) is 9.19. The minimum absolute atomic E-state index is 0.130. The van der Waals surface area contributed by atoms with Crippen LogP contribution in [0.15, 0.2) is 28.7 Å². The first kappa shape index (κ1) is 13.5. The van der Waals surface area contributed by atoms with Gasteiger partial charge in [0.2, 0.25) is 0 Å². The van der Waals surface area contributed by atoms with E-state index in [9.17, 15) is 0 Å². The van der Waals surface area contributed by atoms with Gasteiger partial charge in [0.05, 0.1) is 12.0 Å². The lowest BCUT2D eigenvalue weighted by Crippen LogP contribution is -1.95. The van der Waals surface area contributed by atoms with Gasteiger partial charge in [0.25, 0.3) is 0 Å². The average molecular weight is 358 g/mol. The minimum atomic E-state index is -0.130. The number of aryl methyl sites for hydroxylation is 1. The van der Waals surface area contributed by atoms with Gasteiger partial charge in [-0.3, -0.25) is 0 Å². The zero-order chi connectivity index (χ0) is 13.4. The van der Waals surface area contributed by atoms with E-state index in [0.717, 1.165) is 35.2 Å². The number of benzene rings is 1. The van der Waals surface area contributed by atoms with Crippen molar-refractivity contribution in [2.75, 3.05) is 6.61 Å². The molecule has 0 bridgehead atoms. The van der Waals surface area contributed by atoms with E-state index in [1.54, 1.807) is 11.3 Å². The summed E-state index contributed by atoms with van der Waals surface area (Å²) >= 11 is 12.0. The Labute approximate surface area is 130 Å². The SMILES string of the molecule is CCc1ccc(C(Cl)c2cc(Br)cc3c2OCC3)s1. The highest BCUT2D eigenvalue weighted by molar-refractivity contribution is 9.10. The Balaban J connectivity index is 2.02. The van der Waals surface area contributed by atoms with Gasteiger partial charge in [-0.1, -0.05) is 22.9 Å². The number of rotatable bonds is 3. The quantitative estimate of drug-likeness (QED) is 0.674. The molecule has 0 amide bonds. The molecule has 1 atom stereocenters. The minimum Gasteiger partial charge on any atom is -0.493 e. The van der Waals surface area contributed by atoms with E-state index in [2.05, 4.69) is 47.1 Å². The Morgan fingerprint density at radius 1 is 1.42 bits per heavy atom. The second-order valence-corrected chi connectivity index (χ2v) is 7.15. The molecule has 19 heavy (non-hydrogen) atoms. The van der Waals surface area contributed by atoms with Crippen LogP contribution in [-0.2, 0) is 12.8 Å². The van der Waals surface area contributed by atoms with Crippen LogP contribution in [0.2, 0.25) is 0 Å². The maximum absolute atomic E-state index is 6.67. The predicted molar refractivity (Wildman–Crippen MR) is 84.7 cm³/mol. The van der Waals surface area contributed by atoms with Crippen LogP contribution in [-0.4, -0.2) is 6.61 Å². The number of fused-ring (bicyclic) bond motifs is 1. The standard InChI is InChI=1S/C15H14BrClOS/c1-2-11-3-4-13(19-11)14(17)12-8-10(16)7-9-5-6-18-15(9)12/h3-4,7-8,14H,2,5-6H2,1H3. The predicted octanol–water partition coefficient (Wildman–Crippen LogP) is 5.34. The van der Waals surface area contributed by atoms with Gasteiger partial charge in [-0.15, -0.1) is 22.9 Å². The van der Waals surface area contributed by atoms with Crippen molar-refractivity contribution in [2.45, 2.75) is 25.1 Å². The number of ether oxygens (including phenoxy) is 1. The summed E-state index contributed by atoms with van der Waals surface area (Å²) in [6.07, 6.45) is 2.03. The Bertz CT molecular complexity index is 608. The van der Waals surface area contributed by atoms with E-state index >= 15 is 0 Å². The second kappa shape index (κ2) is 5.47. The molecule has 0 spiro atoms. The monoisotopic (exact) mass is 356 g/mol. The normalized spacial score (nSPS) is 15.1. The maximum Gasteiger partial charge on any atom is 0.127 e. The maximum atomic E-state index is 6.67. The van der Waals surface area contributed by atoms with Crippen molar-refractivity contribution in [3.05, 3.63) is 49.6 Å². The van der Waals surface area contributed by atoms with E-state index in [0.29, 0.717) is 0 Å². The van der Waals surface area contributed by atoms with Crippen LogP contribution >= 0.6 is 38.9 Å². The molecule has 1 aromatic heterocycles. The zero-order valence-corrected chi connectivity index (χ0v) is 13.7. The van der Waals surface area contributed by atoms with E-state index in [1.807, 2.05) is 0 Å². The molecule has 0 saturated heterocycles. The molecule has 4 heteroatoms. The Morgan fingerprint density at radius 3 is 3.00 bits per heavy atom. The fourth-order valence-electron chi connectivity index (χ4n) is 2.36. The molecule has 1 aliphatic heterocycles. The van der Waals surface area contributed by atoms with Crippen molar-refractivity contribution in [1.82, 2.24) is 0 Å². The van der Waals surface area contributed by atoms with Crippen molar-refractivity contribution in [1.29, 1.82) is 0 Å². The molecule has 1 unspecified atom stereocenters. The summed E-state index contributed by atoms with van der Waals surface area (Å²) in [7, 11) is 0. The van der Waals surface area contributed by atoms with Gasteiger partial charge in [0.15, 0.2) is 0 Å². The number of alkyl halides is 1. The van der Waals surface area contributed by atoms with Crippen LogP contribution in [0.4, 0.5) is 0 Å². The Hall–Kier alpha value is -0.510. The van der Waals surface area contributed by atoms with Crippen molar-refractivity contribution in [3.63, 3.8) is 0 Å². The van der Waals surface area contributed by atoms with E-state index < -0.39 is 0 Å². The molecule has 100 valence electrons. The molecular weight excluding hydrogens is 344 g/mol. The fraction of sp³-hybridized carbons (Fsp3) is 0.333. The highest BCUT2D eigenvalue weighted by atomic mass is 79.9. The van der Waals surface area contributed by atoms with E-state index in [-0.39, 0.29) is 5.38 Å². The fourth-order valence-corrected chi connectivity index (χ4v) is 4.20. The molecule has 2 aromatic rings. The third kappa shape index (κ3) is 2.56. The van der Waals surface area contributed by atoms with E-state index in [1.165, 1.54) is 15.3 Å². The van der Waals surface area contributed by atoms with Gasteiger partial charge in [-0.25, -0.2) is 0 Å². The van der Waals surface area contributed by atoms with Gasteiger partial charge in [0.1, 0.15) is 5.75 Å². The zero-order valence-electron chi connectivity index (χ0n) is 10.6. The van der Waals surface area contributed by atoms with Gasteiger partial charge in [0, 0.05) is 26.2 Å². The second-order valence-electron chi connectivity index (χ2n) is 4.60. The topological polar surface area (TPSA) is 9.23 Å². The van der Waals surface area contributed by atoms with Crippen LogP contribution < -0.4 is 4.74 Å². The van der Waals surface area contributed by atoms with Crippen LogP contribution in [0, 0.1) is 0 Å². The number of halogens is 2. The highest BCUT2D eigenvalue weighted by Gasteiger charge is 2.24. The summed E-state index contributed by atoms with van der Waals surface area (Å²) in [4.78, 5) is 2.56. The summed E-state index contributed by atoms with van der Waals surface area (Å²) in [5.74, 6) is 0.981. The molecule has 1 nitrogen and oxygen atoms in total. The van der Waals surface area contributed by atoms with E-state index in [4.69, 9.17) is 16.3 Å². The number of hydrogen-bond donors (Lipinski definition) is 0. The smallest absolute Gasteiger partial charge is 0.127 e. The molecular formula is C15H14BrClOS. The molecule has 1 aliphatic rings. The Kier molecular flexibility index (Phi) is 3.88. The van der Waals surface area contributed by atoms with Gasteiger partial charge >= 0.3 is 0 Å². The van der Waals surface area contributed by atoms with Crippen LogP contribution in [0.25, 0.3) is 0 Å². The first-order valence-corrected chi connectivity index (χ1v) is 8.41. The molecule has 0 radical (unpaired) electrons. The summed E-state index contributed by atoms with van der Waals surface area (Å²) in [5.41, 5.74) is 2.33. The number of thiophene rings is 1. The molecule has 2 heterocycles. The Morgan fingerprint density at radius 2 is 2.26 bits per heavy atom. The number of hydrogen-bond acceptors (Lipinski definition) is 2. The van der Waals surface area contributed by atoms with Crippen molar-refractivity contribution < 1.29 is 4.74 Å². The molecule has 0 aliphatic carbocycles. The van der Waals surface area contributed by atoms with Gasteiger partial charge < -0.3 is 4.74 Å². The van der Waals surface area contributed by atoms with Crippen molar-refractivity contribution in [3.8, 4) is 5.75 Å². The lowest BCUT2D eigenvalue weighted by Gasteiger charge is -2.13. The molecule has 1 aromatic carbocycles. The molecule has 0 saturated carbocycles. The van der Waals surface area contributed by atoms with Gasteiger partial charge in [-0.05, 0) is 36.2 Å². The van der Waals surface area contributed by atoms with Gasteiger partial charge in [-0.2, -0.15) is 0 Å². The van der Waals surface area contributed by atoms with Crippen LogP contribution in [0.1, 0.15) is 33.2 Å². The lowest BCUT2D eigenvalue weighted by atomic mass is 10.0. The first-order valence-electron chi connectivity index (χ1n) is 6.37. The van der Waals surface area contributed by atoms with Crippen LogP contribution in [0.5, 0.6) is 5.75 Å². The average Bonchev–Trinajstić information content (AvgIpc) is 3.04.